The molecule has 1 unspecified atom stereocenters. The van der Waals surface area contributed by atoms with E-state index >= 15 is 0 Å². The third-order valence-corrected chi connectivity index (χ3v) is 3.33. The Kier molecular flexibility index (Phi) is 3.26. The SMILES string of the molecule is CC(N)(Cc1ccccc1F)N1CCCC1. The molecule has 0 amide bonds. The zero-order chi connectivity index (χ0) is 11.6. The van der Waals surface area contributed by atoms with Crippen molar-refractivity contribution in [1.29, 1.82) is 0 Å². The number of nitrogens with zero attached hydrogens (tertiary/aromatic N) is 1. The Labute approximate surface area is 96.2 Å². The Bertz CT molecular complexity index is 357. The first-order valence-corrected chi connectivity index (χ1v) is 5.87. The van der Waals surface area contributed by atoms with Gasteiger partial charge in [0.15, 0.2) is 0 Å². The predicted molar refractivity (Wildman–Crippen MR) is 63.5 cm³/mol. The molecule has 0 saturated carbocycles. The van der Waals surface area contributed by atoms with E-state index in [1.165, 1.54) is 18.9 Å². The first-order chi connectivity index (χ1) is 7.59. The molecular formula is C13H19FN2. The van der Waals surface area contributed by atoms with Crippen molar-refractivity contribution in [1.82, 2.24) is 4.90 Å². The fraction of sp³-hybridized carbons (Fsp3) is 0.538. The lowest BCUT2D eigenvalue weighted by molar-refractivity contribution is 0.140. The largest absolute Gasteiger partial charge is 0.313 e. The van der Waals surface area contributed by atoms with Crippen molar-refractivity contribution in [3.8, 4) is 0 Å². The predicted octanol–water partition coefficient (Wildman–Crippen LogP) is 2.14. The molecule has 2 N–H and O–H groups in total. The lowest BCUT2D eigenvalue weighted by Gasteiger charge is -2.35. The van der Waals surface area contributed by atoms with Crippen molar-refractivity contribution < 1.29 is 4.39 Å². The highest BCUT2D eigenvalue weighted by atomic mass is 19.1. The number of nitrogens with two attached hydrogens (primary N) is 1. The Balaban J connectivity index is 2.10. The summed E-state index contributed by atoms with van der Waals surface area (Å²) < 4.78 is 13.5. The summed E-state index contributed by atoms with van der Waals surface area (Å²) in [5.41, 5.74) is 6.56. The van der Waals surface area contributed by atoms with Crippen molar-refractivity contribution >= 4 is 0 Å². The molecule has 1 fully saturated rings. The van der Waals surface area contributed by atoms with E-state index in [0.29, 0.717) is 12.0 Å². The summed E-state index contributed by atoms with van der Waals surface area (Å²) in [4.78, 5) is 2.25. The number of halogens is 1. The minimum atomic E-state index is -0.432. The van der Waals surface area contributed by atoms with Gasteiger partial charge >= 0.3 is 0 Å². The van der Waals surface area contributed by atoms with Gasteiger partial charge in [-0.25, -0.2) is 4.39 Å². The zero-order valence-electron chi connectivity index (χ0n) is 9.75. The van der Waals surface area contributed by atoms with Crippen LogP contribution in [0.3, 0.4) is 0 Å². The number of likely N-dealkylation sites (tertiary alicyclic amines) is 1. The topological polar surface area (TPSA) is 29.3 Å². The van der Waals surface area contributed by atoms with E-state index in [4.69, 9.17) is 5.73 Å². The highest BCUT2D eigenvalue weighted by Crippen LogP contribution is 2.22. The third-order valence-electron chi connectivity index (χ3n) is 3.33. The zero-order valence-corrected chi connectivity index (χ0v) is 9.75. The first kappa shape index (κ1) is 11.6. The highest BCUT2D eigenvalue weighted by molar-refractivity contribution is 5.19. The lowest BCUT2D eigenvalue weighted by Crippen LogP contribution is -2.54. The monoisotopic (exact) mass is 222 g/mol. The molecule has 1 aromatic rings. The van der Waals surface area contributed by atoms with Crippen LogP contribution >= 0.6 is 0 Å². The van der Waals surface area contributed by atoms with Gasteiger partial charge in [0.25, 0.3) is 0 Å². The Morgan fingerprint density at radius 1 is 1.31 bits per heavy atom. The van der Waals surface area contributed by atoms with Gasteiger partial charge in [-0.05, 0) is 44.5 Å². The molecule has 2 rings (SSSR count). The van der Waals surface area contributed by atoms with Crippen LogP contribution in [0.25, 0.3) is 0 Å². The average molecular weight is 222 g/mol. The van der Waals surface area contributed by atoms with Crippen molar-refractivity contribution in [2.45, 2.75) is 31.8 Å². The summed E-state index contributed by atoms with van der Waals surface area (Å²) >= 11 is 0. The first-order valence-electron chi connectivity index (χ1n) is 5.87. The molecule has 0 aromatic heterocycles. The van der Waals surface area contributed by atoms with E-state index in [0.717, 1.165) is 13.1 Å². The summed E-state index contributed by atoms with van der Waals surface area (Å²) in [6.07, 6.45) is 2.97. The van der Waals surface area contributed by atoms with E-state index in [-0.39, 0.29) is 5.82 Å². The normalized spacial score (nSPS) is 20.9. The molecule has 1 saturated heterocycles. The molecular weight excluding hydrogens is 203 g/mol. The summed E-state index contributed by atoms with van der Waals surface area (Å²) in [5, 5.41) is 0. The van der Waals surface area contributed by atoms with Crippen LogP contribution in [0.15, 0.2) is 24.3 Å². The maximum Gasteiger partial charge on any atom is 0.126 e. The van der Waals surface area contributed by atoms with Gasteiger partial charge in [-0.3, -0.25) is 4.90 Å². The second-order valence-corrected chi connectivity index (χ2v) is 4.82. The van der Waals surface area contributed by atoms with Crippen molar-refractivity contribution in [3.63, 3.8) is 0 Å². The maximum absolute atomic E-state index is 13.5. The van der Waals surface area contributed by atoms with Crippen LogP contribution in [0, 0.1) is 5.82 Å². The van der Waals surface area contributed by atoms with Crippen molar-refractivity contribution in [2.75, 3.05) is 13.1 Å². The molecule has 1 aliphatic rings. The van der Waals surface area contributed by atoms with Gasteiger partial charge in [0.05, 0.1) is 5.66 Å². The minimum absolute atomic E-state index is 0.154. The molecule has 3 heteroatoms. The van der Waals surface area contributed by atoms with Gasteiger partial charge in [-0.1, -0.05) is 18.2 Å². The summed E-state index contributed by atoms with van der Waals surface area (Å²) in [6, 6.07) is 6.88. The Morgan fingerprint density at radius 2 is 1.94 bits per heavy atom. The van der Waals surface area contributed by atoms with Crippen LogP contribution in [-0.4, -0.2) is 23.7 Å². The average Bonchev–Trinajstić information content (AvgIpc) is 2.75. The van der Waals surface area contributed by atoms with Gasteiger partial charge in [0, 0.05) is 6.42 Å². The van der Waals surface area contributed by atoms with E-state index in [9.17, 15) is 4.39 Å². The molecule has 0 bridgehead atoms. The van der Waals surface area contributed by atoms with Crippen LogP contribution in [0.1, 0.15) is 25.3 Å². The quantitative estimate of drug-likeness (QED) is 0.849. The molecule has 2 nitrogen and oxygen atoms in total. The lowest BCUT2D eigenvalue weighted by atomic mass is 10.0. The van der Waals surface area contributed by atoms with Crippen LogP contribution < -0.4 is 5.73 Å². The van der Waals surface area contributed by atoms with Crippen LogP contribution in [-0.2, 0) is 6.42 Å². The third kappa shape index (κ3) is 2.42. The number of rotatable bonds is 3. The standard InChI is InChI=1S/C13H19FN2/c1-13(15,16-8-4-5-9-16)10-11-6-2-3-7-12(11)14/h2-3,6-7H,4-5,8-10,15H2,1H3. The molecule has 1 aliphatic heterocycles. The minimum Gasteiger partial charge on any atom is -0.313 e. The van der Waals surface area contributed by atoms with Gasteiger partial charge < -0.3 is 5.73 Å². The molecule has 0 aliphatic carbocycles. The number of hydrogen-bond donors (Lipinski definition) is 1. The molecule has 0 spiro atoms. The van der Waals surface area contributed by atoms with Gasteiger partial charge in [0.1, 0.15) is 5.82 Å². The molecule has 1 aromatic carbocycles. The summed E-state index contributed by atoms with van der Waals surface area (Å²) in [6.45, 7) is 4.05. The number of benzene rings is 1. The van der Waals surface area contributed by atoms with Crippen LogP contribution in [0.4, 0.5) is 4.39 Å². The summed E-state index contributed by atoms with van der Waals surface area (Å²) in [7, 11) is 0. The van der Waals surface area contributed by atoms with E-state index in [2.05, 4.69) is 4.90 Å². The molecule has 16 heavy (non-hydrogen) atoms. The molecule has 1 heterocycles. The highest BCUT2D eigenvalue weighted by Gasteiger charge is 2.30. The Morgan fingerprint density at radius 3 is 2.56 bits per heavy atom. The van der Waals surface area contributed by atoms with Crippen LogP contribution in [0.5, 0.6) is 0 Å². The van der Waals surface area contributed by atoms with Gasteiger partial charge in [-0.15, -0.1) is 0 Å². The number of hydrogen-bond acceptors (Lipinski definition) is 2. The van der Waals surface area contributed by atoms with Crippen molar-refractivity contribution in [2.24, 2.45) is 5.73 Å². The molecule has 1 atom stereocenters. The van der Waals surface area contributed by atoms with E-state index < -0.39 is 5.66 Å². The second-order valence-electron chi connectivity index (χ2n) is 4.82. The van der Waals surface area contributed by atoms with Gasteiger partial charge in [-0.2, -0.15) is 0 Å². The van der Waals surface area contributed by atoms with Crippen LogP contribution in [0.2, 0.25) is 0 Å². The van der Waals surface area contributed by atoms with E-state index in [1.54, 1.807) is 6.07 Å². The molecule has 0 radical (unpaired) electrons. The summed E-state index contributed by atoms with van der Waals surface area (Å²) in [5.74, 6) is -0.154. The van der Waals surface area contributed by atoms with Gasteiger partial charge in [0.2, 0.25) is 0 Å². The molecule has 88 valence electrons. The van der Waals surface area contributed by atoms with Crippen molar-refractivity contribution in [3.05, 3.63) is 35.6 Å². The second kappa shape index (κ2) is 4.52. The maximum atomic E-state index is 13.5. The Hall–Kier alpha value is -0.930. The smallest absolute Gasteiger partial charge is 0.126 e. The fourth-order valence-electron chi connectivity index (χ4n) is 2.37. The fourth-order valence-corrected chi connectivity index (χ4v) is 2.37. The van der Waals surface area contributed by atoms with E-state index in [1.807, 2.05) is 19.1 Å².